The first-order chi connectivity index (χ1) is 8.24. The van der Waals surface area contributed by atoms with Crippen LogP contribution in [0.2, 0.25) is 0 Å². The Balaban J connectivity index is 2.49. The molecular formula is C13H23NO4. The predicted molar refractivity (Wildman–Crippen MR) is 67.3 cm³/mol. The number of aliphatic carboxylic acids is 1. The molecule has 0 heterocycles. The van der Waals surface area contributed by atoms with Gasteiger partial charge >= 0.3 is 12.1 Å². The largest absolute Gasteiger partial charge is 0.481 e. The van der Waals surface area contributed by atoms with Crippen molar-refractivity contribution in [1.29, 1.82) is 0 Å². The number of hydrogen-bond donors (Lipinski definition) is 2. The van der Waals surface area contributed by atoms with Crippen LogP contribution < -0.4 is 5.32 Å². The lowest BCUT2D eigenvalue weighted by Crippen LogP contribution is -2.52. The molecule has 1 amide bonds. The number of ether oxygens (including phenoxy) is 1. The molecule has 1 fully saturated rings. The summed E-state index contributed by atoms with van der Waals surface area (Å²) in [4.78, 5) is 22.7. The van der Waals surface area contributed by atoms with E-state index in [0.29, 0.717) is 6.42 Å². The third-order valence-electron chi connectivity index (χ3n) is 3.30. The summed E-state index contributed by atoms with van der Waals surface area (Å²) in [5.74, 6) is -1.13. The Labute approximate surface area is 108 Å². The highest BCUT2D eigenvalue weighted by atomic mass is 16.6. The lowest BCUT2D eigenvalue weighted by Gasteiger charge is -2.40. The Bertz CT molecular complexity index is 321. The first-order valence-corrected chi connectivity index (χ1v) is 6.47. The zero-order valence-electron chi connectivity index (χ0n) is 11.5. The molecule has 1 saturated carbocycles. The number of carbonyl (C=O) groups excluding carboxylic acids is 1. The molecule has 104 valence electrons. The Morgan fingerprint density at radius 2 is 2.00 bits per heavy atom. The summed E-state index contributed by atoms with van der Waals surface area (Å²) >= 11 is 0. The van der Waals surface area contributed by atoms with Crippen LogP contribution in [0.25, 0.3) is 0 Å². The van der Waals surface area contributed by atoms with Crippen molar-refractivity contribution < 1.29 is 19.4 Å². The minimum Gasteiger partial charge on any atom is -0.481 e. The van der Waals surface area contributed by atoms with Crippen LogP contribution in [0.5, 0.6) is 0 Å². The van der Waals surface area contributed by atoms with Gasteiger partial charge in [0.1, 0.15) is 5.60 Å². The van der Waals surface area contributed by atoms with Crippen LogP contribution in [0.3, 0.4) is 0 Å². The highest BCUT2D eigenvalue weighted by Crippen LogP contribution is 2.36. The van der Waals surface area contributed by atoms with Crippen LogP contribution in [0, 0.1) is 11.8 Å². The number of rotatable bonds is 4. The molecule has 2 N–H and O–H groups in total. The van der Waals surface area contributed by atoms with Crippen LogP contribution in [-0.4, -0.2) is 28.8 Å². The molecule has 0 spiro atoms. The number of alkyl carbamates (subject to hydrolysis) is 1. The lowest BCUT2D eigenvalue weighted by molar-refractivity contribution is -0.145. The van der Waals surface area contributed by atoms with Crippen molar-refractivity contribution in [2.45, 2.75) is 58.6 Å². The standard InChI is InChI=1S/C13H23NO4/c1-5-8(11(15)16)9-6-7-10(9)14-12(17)18-13(2,3)4/h8-10H,5-7H2,1-4H3,(H,14,17)(H,15,16). The molecule has 0 aliphatic heterocycles. The molecule has 1 aliphatic rings. The second-order valence-electron chi connectivity index (χ2n) is 5.85. The van der Waals surface area contributed by atoms with E-state index < -0.39 is 17.7 Å². The summed E-state index contributed by atoms with van der Waals surface area (Å²) in [6.07, 6.45) is 1.81. The summed E-state index contributed by atoms with van der Waals surface area (Å²) in [7, 11) is 0. The van der Waals surface area contributed by atoms with Crippen molar-refractivity contribution >= 4 is 12.1 Å². The molecule has 0 aromatic carbocycles. The van der Waals surface area contributed by atoms with Crippen LogP contribution in [0.15, 0.2) is 0 Å². The van der Waals surface area contributed by atoms with E-state index in [0.717, 1.165) is 12.8 Å². The molecule has 18 heavy (non-hydrogen) atoms. The van der Waals surface area contributed by atoms with Gasteiger partial charge in [-0.05, 0) is 46.0 Å². The SMILES string of the molecule is CCC(C(=O)O)C1CCC1NC(=O)OC(C)(C)C. The fourth-order valence-corrected chi connectivity index (χ4v) is 2.31. The molecule has 1 rings (SSSR count). The number of carboxylic acids is 1. The van der Waals surface area contributed by atoms with E-state index in [-0.39, 0.29) is 17.9 Å². The molecule has 3 unspecified atom stereocenters. The molecule has 0 radical (unpaired) electrons. The van der Waals surface area contributed by atoms with Gasteiger partial charge in [-0.2, -0.15) is 0 Å². The summed E-state index contributed by atoms with van der Waals surface area (Å²) in [5.41, 5.74) is -0.527. The van der Waals surface area contributed by atoms with Gasteiger partial charge in [-0.25, -0.2) is 4.79 Å². The van der Waals surface area contributed by atoms with Crippen molar-refractivity contribution in [2.24, 2.45) is 11.8 Å². The maximum Gasteiger partial charge on any atom is 0.407 e. The fourth-order valence-electron chi connectivity index (χ4n) is 2.31. The minimum atomic E-state index is -0.779. The molecule has 3 atom stereocenters. The van der Waals surface area contributed by atoms with Crippen LogP contribution in [0.1, 0.15) is 47.0 Å². The van der Waals surface area contributed by atoms with Crippen molar-refractivity contribution in [3.63, 3.8) is 0 Å². The monoisotopic (exact) mass is 257 g/mol. The fraction of sp³-hybridized carbons (Fsp3) is 0.846. The lowest BCUT2D eigenvalue weighted by atomic mass is 9.70. The summed E-state index contributed by atoms with van der Waals surface area (Å²) < 4.78 is 5.17. The highest BCUT2D eigenvalue weighted by molar-refractivity contribution is 5.71. The van der Waals surface area contributed by atoms with Gasteiger partial charge < -0.3 is 15.2 Å². The zero-order chi connectivity index (χ0) is 13.9. The zero-order valence-corrected chi connectivity index (χ0v) is 11.5. The molecule has 0 saturated heterocycles. The van der Waals surface area contributed by atoms with Gasteiger partial charge in [0.15, 0.2) is 0 Å². The number of hydrogen-bond acceptors (Lipinski definition) is 3. The van der Waals surface area contributed by atoms with E-state index >= 15 is 0 Å². The quantitative estimate of drug-likeness (QED) is 0.811. The van der Waals surface area contributed by atoms with E-state index in [1.807, 2.05) is 6.92 Å². The minimum absolute atomic E-state index is 0.0278. The first kappa shape index (κ1) is 14.8. The number of carboxylic acid groups (broad SMARTS) is 1. The van der Waals surface area contributed by atoms with Crippen LogP contribution in [-0.2, 0) is 9.53 Å². The van der Waals surface area contributed by atoms with Gasteiger partial charge in [0.05, 0.1) is 5.92 Å². The number of carbonyl (C=O) groups is 2. The maximum absolute atomic E-state index is 11.6. The Morgan fingerprint density at radius 3 is 2.33 bits per heavy atom. The summed E-state index contributed by atoms with van der Waals surface area (Å²) in [6.45, 7) is 7.27. The van der Waals surface area contributed by atoms with E-state index in [2.05, 4.69) is 5.32 Å². The Hall–Kier alpha value is -1.26. The van der Waals surface area contributed by atoms with Gasteiger partial charge in [0, 0.05) is 6.04 Å². The summed E-state index contributed by atoms with van der Waals surface area (Å²) in [6, 6.07) is -0.0686. The third kappa shape index (κ3) is 3.89. The molecule has 0 aromatic rings. The molecular weight excluding hydrogens is 234 g/mol. The average Bonchev–Trinajstić information content (AvgIpc) is 2.17. The Kier molecular flexibility index (Phi) is 4.59. The Morgan fingerprint density at radius 1 is 1.39 bits per heavy atom. The average molecular weight is 257 g/mol. The topological polar surface area (TPSA) is 75.6 Å². The van der Waals surface area contributed by atoms with Gasteiger partial charge in [-0.15, -0.1) is 0 Å². The van der Waals surface area contributed by atoms with Crippen LogP contribution >= 0.6 is 0 Å². The summed E-state index contributed by atoms with van der Waals surface area (Å²) in [5, 5.41) is 11.9. The number of nitrogens with one attached hydrogen (secondary N) is 1. The molecule has 0 bridgehead atoms. The molecule has 5 heteroatoms. The van der Waals surface area contributed by atoms with Gasteiger partial charge in [-0.3, -0.25) is 4.79 Å². The predicted octanol–water partition coefficient (Wildman–Crippen LogP) is 2.40. The van der Waals surface area contributed by atoms with Gasteiger partial charge in [-0.1, -0.05) is 6.92 Å². The molecule has 0 aromatic heterocycles. The first-order valence-electron chi connectivity index (χ1n) is 6.47. The van der Waals surface area contributed by atoms with Crippen molar-refractivity contribution in [2.75, 3.05) is 0 Å². The van der Waals surface area contributed by atoms with E-state index in [4.69, 9.17) is 9.84 Å². The second-order valence-corrected chi connectivity index (χ2v) is 5.85. The van der Waals surface area contributed by atoms with Gasteiger partial charge in [0.25, 0.3) is 0 Å². The number of amides is 1. The van der Waals surface area contributed by atoms with E-state index in [1.54, 1.807) is 20.8 Å². The van der Waals surface area contributed by atoms with Gasteiger partial charge in [0.2, 0.25) is 0 Å². The molecule has 1 aliphatic carbocycles. The normalized spacial score (nSPS) is 24.9. The third-order valence-corrected chi connectivity index (χ3v) is 3.30. The molecule has 5 nitrogen and oxygen atoms in total. The van der Waals surface area contributed by atoms with E-state index in [1.165, 1.54) is 0 Å². The second kappa shape index (κ2) is 5.59. The van der Waals surface area contributed by atoms with Crippen LogP contribution in [0.4, 0.5) is 4.79 Å². The smallest absolute Gasteiger partial charge is 0.407 e. The van der Waals surface area contributed by atoms with Crippen molar-refractivity contribution in [1.82, 2.24) is 5.32 Å². The van der Waals surface area contributed by atoms with E-state index in [9.17, 15) is 9.59 Å². The maximum atomic E-state index is 11.6. The highest BCUT2D eigenvalue weighted by Gasteiger charge is 2.40. The van der Waals surface area contributed by atoms with Crippen molar-refractivity contribution in [3.8, 4) is 0 Å². The van der Waals surface area contributed by atoms with Crippen molar-refractivity contribution in [3.05, 3.63) is 0 Å².